The topological polar surface area (TPSA) is 76.1 Å². The number of carbonyl (C=O) groups excluding carboxylic acids is 1. The van der Waals surface area contributed by atoms with Gasteiger partial charge in [0.05, 0.1) is 7.11 Å². The highest BCUT2D eigenvalue weighted by Gasteiger charge is 2.08. The number of anilines is 1. The van der Waals surface area contributed by atoms with Gasteiger partial charge in [-0.25, -0.2) is 9.97 Å². The third-order valence-electron chi connectivity index (χ3n) is 2.92. The standard InChI is InChI=1S/C16H18N4O2/c1-3-9-17-15(21)13-8-10-18-16(20-13)19-11-12-6-4-5-7-14(12)22-2/h3-8,10H,1,9,11H2,2H3,(H,17,21)(H,18,19,20). The molecule has 0 atom stereocenters. The number of methoxy groups -OCH3 is 1. The molecule has 0 unspecified atom stereocenters. The Kier molecular flexibility index (Phi) is 5.48. The van der Waals surface area contributed by atoms with Crippen molar-refractivity contribution in [2.45, 2.75) is 6.54 Å². The Morgan fingerprint density at radius 3 is 2.95 bits per heavy atom. The van der Waals surface area contributed by atoms with Crippen LogP contribution in [-0.2, 0) is 6.54 Å². The van der Waals surface area contributed by atoms with Crippen LogP contribution in [0.4, 0.5) is 5.95 Å². The minimum Gasteiger partial charge on any atom is -0.496 e. The quantitative estimate of drug-likeness (QED) is 0.765. The zero-order valence-corrected chi connectivity index (χ0v) is 12.4. The van der Waals surface area contributed by atoms with E-state index in [1.165, 1.54) is 0 Å². The summed E-state index contributed by atoms with van der Waals surface area (Å²) in [7, 11) is 1.62. The molecule has 22 heavy (non-hydrogen) atoms. The lowest BCUT2D eigenvalue weighted by atomic mass is 10.2. The zero-order chi connectivity index (χ0) is 15.8. The maximum atomic E-state index is 11.8. The first-order chi connectivity index (χ1) is 10.7. The summed E-state index contributed by atoms with van der Waals surface area (Å²) in [5.74, 6) is 0.912. The second kappa shape index (κ2) is 7.78. The lowest BCUT2D eigenvalue weighted by Crippen LogP contribution is -2.24. The lowest BCUT2D eigenvalue weighted by Gasteiger charge is -2.10. The van der Waals surface area contributed by atoms with Gasteiger partial charge in [0.1, 0.15) is 11.4 Å². The number of hydrogen-bond acceptors (Lipinski definition) is 5. The molecule has 1 amide bonds. The average Bonchev–Trinajstić information content (AvgIpc) is 2.58. The molecule has 0 radical (unpaired) electrons. The monoisotopic (exact) mass is 298 g/mol. The Balaban J connectivity index is 2.04. The summed E-state index contributed by atoms with van der Waals surface area (Å²) in [5.41, 5.74) is 1.29. The van der Waals surface area contributed by atoms with Gasteiger partial charge in [-0.3, -0.25) is 4.79 Å². The SMILES string of the molecule is C=CCNC(=O)c1ccnc(NCc2ccccc2OC)n1. The van der Waals surface area contributed by atoms with Gasteiger partial charge >= 0.3 is 0 Å². The van der Waals surface area contributed by atoms with Crippen LogP contribution in [0.1, 0.15) is 16.1 Å². The van der Waals surface area contributed by atoms with Crippen molar-refractivity contribution in [3.05, 3.63) is 60.4 Å². The molecule has 2 N–H and O–H groups in total. The second-order valence-electron chi connectivity index (χ2n) is 4.43. The van der Waals surface area contributed by atoms with Crippen LogP contribution in [0.2, 0.25) is 0 Å². The number of hydrogen-bond donors (Lipinski definition) is 2. The predicted octanol–water partition coefficient (Wildman–Crippen LogP) is 2.01. The molecule has 6 heteroatoms. The molecule has 0 bridgehead atoms. The van der Waals surface area contributed by atoms with Crippen LogP contribution in [0.15, 0.2) is 49.2 Å². The number of para-hydroxylation sites is 1. The molecule has 2 rings (SSSR count). The fourth-order valence-corrected chi connectivity index (χ4v) is 1.85. The van der Waals surface area contributed by atoms with Crippen molar-refractivity contribution in [2.24, 2.45) is 0 Å². The fourth-order valence-electron chi connectivity index (χ4n) is 1.85. The Hall–Kier alpha value is -2.89. The molecule has 0 aliphatic rings. The van der Waals surface area contributed by atoms with Crippen LogP contribution in [-0.4, -0.2) is 29.5 Å². The van der Waals surface area contributed by atoms with E-state index in [9.17, 15) is 4.79 Å². The van der Waals surface area contributed by atoms with Crippen LogP contribution >= 0.6 is 0 Å². The summed E-state index contributed by atoms with van der Waals surface area (Å²) < 4.78 is 5.29. The summed E-state index contributed by atoms with van der Waals surface area (Å²) in [6, 6.07) is 9.24. The van der Waals surface area contributed by atoms with Gasteiger partial charge < -0.3 is 15.4 Å². The highest BCUT2D eigenvalue weighted by Crippen LogP contribution is 2.17. The molecule has 0 aliphatic heterocycles. The molecule has 6 nitrogen and oxygen atoms in total. The van der Waals surface area contributed by atoms with Crippen LogP contribution in [0.3, 0.4) is 0 Å². The van der Waals surface area contributed by atoms with Gasteiger partial charge in [-0.2, -0.15) is 0 Å². The maximum absolute atomic E-state index is 11.8. The number of ether oxygens (including phenoxy) is 1. The van der Waals surface area contributed by atoms with Crippen molar-refractivity contribution in [3.63, 3.8) is 0 Å². The smallest absolute Gasteiger partial charge is 0.270 e. The first-order valence-electron chi connectivity index (χ1n) is 6.82. The molecule has 114 valence electrons. The molecule has 0 fully saturated rings. The first-order valence-corrected chi connectivity index (χ1v) is 6.82. The van der Waals surface area contributed by atoms with Crippen molar-refractivity contribution in [1.82, 2.24) is 15.3 Å². The van der Waals surface area contributed by atoms with Crippen molar-refractivity contribution < 1.29 is 9.53 Å². The third kappa shape index (κ3) is 4.05. The molecule has 1 aromatic heterocycles. The average molecular weight is 298 g/mol. The Bertz CT molecular complexity index is 658. The minimum absolute atomic E-state index is 0.261. The number of nitrogens with one attached hydrogen (secondary N) is 2. The van der Waals surface area contributed by atoms with E-state index >= 15 is 0 Å². The Morgan fingerprint density at radius 1 is 1.36 bits per heavy atom. The molecule has 2 aromatic rings. The maximum Gasteiger partial charge on any atom is 0.270 e. The van der Waals surface area contributed by atoms with E-state index in [-0.39, 0.29) is 5.91 Å². The molecular formula is C16H18N4O2. The van der Waals surface area contributed by atoms with Gasteiger partial charge in [0.15, 0.2) is 0 Å². The number of amides is 1. The Morgan fingerprint density at radius 2 is 2.18 bits per heavy atom. The first kappa shape index (κ1) is 15.5. The molecule has 1 heterocycles. The van der Waals surface area contributed by atoms with E-state index in [0.717, 1.165) is 11.3 Å². The lowest BCUT2D eigenvalue weighted by molar-refractivity contribution is 0.0953. The zero-order valence-electron chi connectivity index (χ0n) is 12.4. The molecule has 1 aromatic carbocycles. The summed E-state index contributed by atoms with van der Waals surface area (Å²) in [6.45, 7) is 4.45. The van der Waals surface area contributed by atoms with E-state index in [2.05, 4.69) is 27.2 Å². The van der Waals surface area contributed by atoms with E-state index in [4.69, 9.17) is 4.74 Å². The van der Waals surface area contributed by atoms with Gasteiger partial charge in [-0.1, -0.05) is 24.3 Å². The van der Waals surface area contributed by atoms with Crippen LogP contribution < -0.4 is 15.4 Å². The van der Waals surface area contributed by atoms with Crippen molar-refractivity contribution >= 4 is 11.9 Å². The van der Waals surface area contributed by atoms with Crippen LogP contribution in [0.5, 0.6) is 5.75 Å². The highest BCUT2D eigenvalue weighted by molar-refractivity contribution is 5.92. The number of nitrogens with zero attached hydrogens (tertiary/aromatic N) is 2. The van der Waals surface area contributed by atoms with Crippen LogP contribution in [0.25, 0.3) is 0 Å². The normalized spacial score (nSPS) is 9.86. The summed E-state index contributed by atoms with van der Waals surface area (Å²) >= 11 is 0. The summed E-state index contributed by atoms with van der Waals surface area (Å²) in [4.78, 5) is 20.1. The molecule has 0 saturated heterocycles. The number of aromatic nitrogens is 2. The van der Waals surface area contributed by atoms with Gasteiger partial charge in [0.2, 0.25) is 5.95 Å². The van der Waals surface area contributed by atoms with Gasteiger partial charge in [-0.05, 0) is 12.1 Å². The van der Waals surface area contributed by atoms with Gasteiger partial charge in [-0.15, -0.1) is 6.58 Å². The van der Waals surface area contributed by atoms with Gasteiger partial charge in [0.25, 0.3) is 5.91 Å². The van der Waals surface area contributed by atoms with Crippen molar-refractivity contribution in [3.8, 4) is 5.75 Å². The van der Waals surface area contributed by atoms with E-state index in [1.807, 2.05) is 24.3 Å². The number of carbonyl (C=O) groups is 1. The summed E-state index contributed by atoms with van der Waals surface area (Å²) in [6.07, 6.45) is 3.15. The molecule has 0 aliphatic carbocycles. The van der Waals surface area contributed by atoms with Crippen molar-refractivity contribution in [1.29, 1.82) is 0 Å². The van der Waals surface area contributed by atoms with E-state index in [0.29, 0.717) is 24.7 Å². The van der Waals surface area contributed by atoms with E-state index < -0.39 is 0 Å². The number of rotatable bonds is 7. The molecular weight excluding hydrogens is 280 g/mol. The van der Waals surface area contributed by atoms with E-state index in [1.54, 1.807) is 25.4 Å². The van der Waals surface area contributed by atoms with Crippen molar-refractivity contribution in [2.75, 3.05) is 19.0 Å². The molecule has 0 spiro atoms. The Labute approximate surface area is 129 Å². The third-order valence-corrected chi connectivity index (χ3v) is 2.92. The fraction of sp³-hybridized carbons (Fsp3) is 0.188. The summed E-state index contributed by atoms with van der Waals surface area (Å²) in [5, 5.41) is 5.76. The predicted molar refractivity (Wildman–Crippen MR) is 84.9 cm³/mol. The van der Waals surface area contributed by atoms with Crippen LogP contribution in [0, 0.1) is 0 Å². The highest BCUT2D eigenvalue weighted by atomic mass is 16.5. The largest absolute Gasteiger partial charge is 0.496 e. The minimum atomic E-state index is -0.261. The second-order valence-corrected chi connectivity index (χ2v) is 4.43. The van der Waals surface area contributed by atoms with Gasteiger partial charge in [0, 0.05) is 24.8 Å². The molecule has 0 saturated carbocycles. The number of benzene rings is 1.